The Morgan fingerprint density at radius 3 is 2.76 bits per heavy atom. The van der Waals surface area contributed by atoms with Crippen LogP contribution >= 0.6 is 0 Å². The van der Waals surface area contributed by atoms with Gasteiger partial charge in [-0.05, 0) is 24.6 Å². The van der Waals surface area contributed by atoms with E-state index in [2.05, 4.69) is 10.6 Å². The van der Waals surface area contributed by atoms with Gasteiger partial charge in [0.15, 0.2) is 0 Å². The van der Waals surface area contributed by atoms with Crippen molar-refractivity contribution in [2.45, 2.75) is 19.9 Å². The predicted octanol–water partition coefficient (Wildman–Crippen LogP) is 1.71. The van der Waals surface area contributed by atoms with Gasteiger partial charge in [0.1, 0.15) is 19.5 Å². The van der Waals surface area contributed by atoms with E-state index in [4.69, 9.17) is 9.47 Å². The first-order valence-electron chi connectivity index (χ1n) is 6.69. The molecule has 0 aromatic heterocycles. The molecular formula is C15H18N2O4. The molecule has 0 spiro atoms. The number of anilines is 1. The van der Waals surface area contributed by atoms with Crippen LogP contribution in [0.2, 0.25) is 0 Å². The van der Waals surface area contributed by atoms with Gasteiger partial charge in [0.05, 0.1) is 6.04 Å². The van der Waals surface area contributed by atoms with Crippen molar-refractivity contribution in [3.63, 3.8) is 0 Å². The van der Waals surface area contributed by atoms with Crippen molar-refractivity contribution in [1.29, 1.82) is 0 Å². The van der Waals surface area contributed by atoms with Crippen LogP contribution in [-0.4, -0.2) is 25.0 Å². The maximum Gasteiger partial charge on any atom is 0.290 e. The van der Waals surface area contributed by atoms with Gasteiger partial charge in [0.25, 0.3) is 5.91 Å². The lowest BCUT2D eigenvalue weighted by atomic mass is 10.1. The van der Waals surface area contributed by atoms with Crippen molar-refractivity contribution in [3.05, 3.63) is 41.9 Å². The molecule has 0 fully saturated rings. The molecule has 1 atom stereocenters. The van der Waals surface area contributed by atoms with E-state index in [1.807, 2.05) is 25.1 Å². The molecule has 0 aliphatic carbocycles. The second-order valence-electron chi connectivity index (χ2n) is 4.70. The van der Waals surface area contributed by atoms with Gasteiger partial charge >= 0.3 is 0 Å². The molecule has 21 heavy (non-hydrogen) atoms. The Morgan fingerprint density at radius 2 is 2.10 bits per heavy atom. The van der Waals surface area contributed by atoms with Crippen molar-refractivity contribution in [1.82, 2.24) is 5.32 Å². The molecule has 1 aromatic carbocycles. The quantitative estimate of drug-likeness (QED) is 0.885. The minimum absolute atomic E-state index is 0.137. The molecular weight excluding hydrogens is 272 g/mol. The lowest BCUT2D eigenvalue weighted by molar-refractivity contribution is -0.123. The highest BCUT2D eigenvalue weighted by Crippen LogP contribution is 2.18. The number of hydrogen-bond acceptors (Lipinski definition) is 4. The fourth-order valence-corrected chi connectivity index (χ4v) is 1.93. The van der Waals surface area contributed by atoms with Crippen LogP contribution in [0.15, 0.2) is 36.3 Å². The number of ether oxygens (including phenoxy) is 2. The van der Waals surface area contributed by atoms with E-state index in [-0.39, 0.29) is 23.6 Å². The number of hydrogen-bond donors (Lipinski definition) is 2. The Balaban J connectivity index is 2.02. The molecule has 1 heterocycles. The molecule has 2 amide bonds. The Labute approximate surface area is 123 Å². The van der Waals surface area contributed by atoms with Crippen molar-refractivity contribution < 1.29 is 19.1 Å². The maximum absolute atomic E-state index is 12.0. The molecule has 1 aliphatic rings. The lowest BCUT2D eigenvalue weighted by Crippen LogP contribution is -2.30. The van der Waals surface area contributed by atoms with Crippen LogP contribution in [0.25, 0.3) is 0 Å². The van der Waals surface area contributed by atoms with E-state index in [1.165, 1.54) is 13.2 Å². The Hall–Kier alpha value is -2.50. The van der Waals surface area contributed by atoms with Gasteiger partial charge < -0.3 is 20.1 Å². The normalized spacial score (nSPS) is 15.0. The molecule has 2 N–H and O–H groups in total. The standard InChI is InChI=1S/C15H18N2O4/c1-10(16-15(19)14-9-20-6-7-21-14)12-4-3-5-13(8-12)17-11(2)18/h3-5,8-10H,6-7H2,1-2H3,(H,16,19)(H,17,18)/t10-/m0/s1. The molecule has 0 radical (unpaired) electrons. The van der Waals surface area contributed by atoms with Crippen LogP contribution in [0, 0.1) is 0 Å². The first kappa shape index (κ1) is 14.9. The minimum atomic E-state index is -0.327. The number of nitrogens with one attached hydrogen (secondary N) is 2. The van der Waals surface area contributed by atoms with Gasteiger partial charge in [-0.25, -0.2) is 0 Å². The lowest BCUT2D eigenvalue weighted by Gasteiger charge is -2.19. The Morgan fingerprint density at radius 1 is 1.29 bits per heavy atom. The monoisotopic (exact) mass is 290 g/mol. The summed E-state index contributed by atoms with van der Waals surface area (Å²) in [6.45, 7) is 4.12. The van der Waals surface area contributed by atoms with Crippen LogP contribution < -0.4 is 10.6 Å². The molecule has 1 aliphatic heterocycles. The van der Waals surface area contributed by atoms with Gasteiger partial charge in [-0.1, -0.05) is 12.1 Å². The predicted molar refractivity (Wildman–Crippen MR) is 77.3 cm³/mol. The van der Waals surface area contributed by atoms with E-state index >= 15 is 0 Å². The molecule has 1 aromatic rings. The first-order chi connectivity index (χ1) is 10.1. The number of amides is 2. The second-order valence-corrected chi connectivity index (χ2v) is 4.70. The summed E-state index contributed by atoms with van der Waals surface area (Å²) in [5.74, 6) is -0.292. The average molecular weight is 290 g/mol. The largest absolute Gasteiger partial charge is 0.494 e. The summed E-state index contributed by atoms with van der Waals surface area (Å²) in [5.41, 5.74) is 1.57. The number of carbonyl (C=O) groups excluding carboxylic acids is 2. The van der Waals surface area contributed by atoms with Gasteiger partial charge in [-0.3, -0.25) is 9.59 Å². The summed E-state index contributed by atoms with van der Waals surface area (Å²) in [4.78, 5) is 23.1. The molecule has 0 bridgehead atoms. The van der Waals surface area contributed by atoms with E-state index in [1.54, 1.807) is 6.07 Å². The zero-order valence-electron chi connectivity index (χ0n) is 12.0. The van der Waals surface area contributed by atoms with E-state index in [0.717, 1.165) is 5.56 Å². The summed E-state index contributed by atoms with van der Waals surface area (Å²) in [6, 6.07) is 7.09. The van der Waals surface area contributed by atoms with Crippen molar-refractivity contribution >= 4 is 17.5 Å². The highest BCUT2D eigenvalue weighted by atomic mass is 16.6. The zero-order valence-corrected chi connectivity index (χ0v) is 12.0. The van der Waals surface area contributed by atoms with Crippen LogP contribution in [-0.2, 0) is 19.1 Å². The SMILES string of the molecule is CC(=O)Nc1cccc([C@H](C)NC(=O)C2=COCCO2)c1. The zero-order chi connectivity index (χ0) is 15.2. The molecule has 6 heteroatoms. The first-order valence-corrected chi connectivity index (χ1v) is 6.69. The van der Waals surface area contributed by atoms with Crippen LogP contribution in [0.3, 0.4) is 0 Å². The molecule has 2 rings (SSSR count). The van der Waals surface area contributed by atoms with Crippen LogP contribution in [0.5, 0.6) is 0 Å². The number of benzene rings is 1. The van der Waals surface area contributed by atoms with Crippen molar-refractivity contribution in [3.8, 4) is 0 Å². The third-order valence-electron chi connectivity index (χ3n) is 2.93. The second kappa shape index (κ2) is 6.78. The van der Waals surface area contributed by atoms with E-state index in [0.29, 0.717) is 18.9 Å². The molecule has 0 saturated heterocycles. The van der Waals surface area contributed by atoms with Crippen molar-refractivity contribution in [2.75, 3.05) is 18.5 Å². The summed E-state index contributed by atoms with van der Waals surface area (Å²) in [7, 11) is 0. The van der Waals surface area contributed by atoms with Gasteiger partial charge in [-0.15, -0.1) is 0 Å². The maximum atomic E-state index is 12.0. The van der Waals surface area contributed by atoms with Crippen LogP contribution in [0.1, 0.15) is 25.5 Å². The third-order valence-corrected chi connectivity index (χ3v) is 2.93. The highest BCUT2D eigenvalue weighted by Gasteiger charge is 2.18. The molecule has 112 valence electrons. The minimum Gasteiger partial charge on any atom is -0.494 e. The third kappa shape index (κ3) is 4.24. The average Bonchev–Trinajstić information content (AvgIpc) is 2.47. The number of carbonyl (C=O) groups is 2. The summed E-state index contributed by atoms with van der Waals surface area (Å²) in [5, 5.41) is 5.53. The van der Waals surface area contributed by atoms with Gasteiger partial charge in [0.2, 0.25) is 11.7 Å². The highest BCUT2D eigenvalue weighted by molar-refractivity contribution is 5.91. The summed E-state index contributed by atoms with van der Waals surface area (Å²) < 4.78 is 10.3. The summed E-state index contributed by atoms with van der Waals surface area (Å²) >= 11 is 0. The van der Waals surface area contributed by atoms with Gasteiger partial charge in [-0.2, -0.15) is 0 Å². The smallest absolute Gasteiger partial charge is 0.290 e. The Bertz CT molecular complexity index is 569. The van der Waals surface area contributed by atoms with E-state index < -0.39 is 0 Å². The summed E-state index contributed by atoms with van der Waals surface area (Å²) in [6.07, 6.45) is 1.32. The molecule has 6 nitrogen and oxygen atoms in total. The molecule has 0 unspecified atom stereocenters. The van der Waals surface area contributed by atoms with E-state index in [9.17, 15) is 9.59 Å². The molecule has 0 saturated carbocycles. The van der Waals surface area contributed by atoms with Crippen LogP contribution in [0.4, 0.5) is 5.69 Å². The fourth-order valence-electron chi connectivity index (χ4n) is 1.93. The van der Waals surface area contributed by atoms with Gasteiger partial charge in [0, 0.05) is 12.6 Å². The number of rotatable bonds is 4. The Kier molecular flexibility index (Phi) is 4.81. The fraction of sp³-hybridized carbons (Fsp3) is 0.333. The van der Waals surface area contributed by atoms with Crippen molar-refractivity contribution in [2.24, 2.45) is 0 Å². The topological polar surface area (TPSA) is 76.7 Å².